The molecule has 0 fully saturated rings. The molecule has 0 bridgehead atoms. The molecule has 5 aromatic rings. The first-order valence-electron chi connectivity index (χ1n) is 12.6. The number of para-hydroxylation sites is 2. The number of nitrogen functional groups attached to an aromatic ring is 4. The Morgan fingerprint density at radius 3 is 1.38 bits per heavy atom. The summed E-state index contributed by atoms with van der Waals surface area (Å²) < 4.78 is 0. The number of aryl methyl sites for hydroxylation is 1. The number of anilines is 5. The summed E-state index contributed by atoms with van der Waals surface area (Å²) in [6.07, 6.45) is 0. The molecule has 0 radical (unpaired) electrons. The Balaban J connectivity index is 0.000000263. The third kappa shape index (κ3) is 14.9. The zero-order valence-corrected chi connectivity index (χ0v) is 23.5. The van der Waals surface area contributed by atoms with Crippen LogP contribution in [0.2, 0.25) is 0 Å². The normalized spacial score (nSPS) is 9.10. The molecular weight excluding hydrogens is 534 g/mol. The van der Waals surface area contributed by atoms with Crippen LogP contribution in [0.15, 0.2) is 115 Å². The number of hydrogen-bond donors (Lipinski definition) is 10. The Bertz CT molecular complexity index is 1400. The van der Waals surface area contributed by atoms with Crippen molar-refractivity contribution >= 4 is 28.4 Å². The third-order valence-electron chi connectivity index (χ3n) is 5.09. The Morgan fingerprint density at radius 1 is 0.476 bits per heavy atom. The quantitative estimate of drug-likeness (QED) is 0.0675. The zero-order valence-electron chi connectivity index (χ0n) is 23.5. The van der Waals surface area contributed by atoms with Crippen LogP contribution in [-0.4, -0.2) is 32.6 Å². The molecule has 10 nitrogen and oxygen atoms in total. The lowest BCUT2D eigenvalue weighted by Gasteiger charge is -1.97. The summed E-state index contributed by atoms with van der Waals surface area (Å²) in [7, 11) is 1.84. The summed E-state index contributed by atoms with van der Waals surface area (Å²) in [6.45, 7) is 1.83. The SMILES string of the molecule is CNc1ccc(O)cc1.Cc1ccc(N)cc1O.Nc1ccc(O)cc1.Nc1cccc(O)c1.Nc1ccccc1O. The first kappa shape index (κ1) is 34.1. The van der Waals surface area contributed by atoms with Gasteiger partial charge in [0.25, 0.3) is 0 Å². The molecule has 10 heteroatoms. The topological polar surface area (TPSA) is 217 Å². The van der Waals surface area contributed by atoms with Crippen LogP contribution >= 0.6 is 0 Å². The molecule has 0 heterocycles. The second-order valence-electron chi connectivity index (χ2n) is 8.59. The van der Waals surface area contributed by atoms with Gasteiger partial charge in [-0.15, -0.1) is 0 Å². The van der Waals surface area contributed by atoms with Crippen molar-refractivity contribution in [1.82, 2.24) is 0 Å². The molecule has 0 aliphatic rings. The molecule has 0 aromatic heterocycles. The van der Waals surface area contributed by atoms with Crippen molar-refractivity contribution in [3.8, 4) is 28.7 Å². The zero-order chi connectivity index (χ0) is 31.5. The Hall–Kier alpha value is -5.90. The van der Waals surface area contributed by atoms with Crippen molar-refractivity contribution in [1.29, 1.82) is 0 Å². The van der Waals surface area contributed by atoms with E-state index in [1.54, 1.807) is 91.0 Å². The van der Waals surface area contributed by atoms with Gasteiger partial charge in [0.2, 0.25) is 0 Å². The van der Waals surface area contributed by atoms with E-state index in [1.807, 2.05) is 26.1 Å². The summed E-state index contributed by atoms with van der Waals surface area (Å²) in [5.74, 6) is 1.17. The lowest BCUT2D eigenvalue weighted by Crippen LogP contribution is -1.84. The minimum atomic E-state index is 0.146. The summed E-state index contributed by atoms with van der Waals surface area (Å²) in [5, 5.41) is 47.0. The average molecular weight is 574 g/mol. The molecule has 0 aliphatic carbocycles. The highest BCUT2D eigenvalue weighted by atomic mass is 16.3. The second-order valence-corrected chi connectivity index (χ2v) is 8.59. The number of nitrogens with one attached hydrogen (secondary N) is 1. The van der Waals surface area contributed by atoms with Gasteiger partial charge in [-0.05, 0) is 91.3 Å². The van der Waals surface area contributed by atoms with Crippen molar-refractivity contribution in [2.75, 3.05) is 35.3 Å². The highest BCUT2D eigenvalue weighted by molar-refractivity contribution is 5.50. The summed E-state index contributed by atoms with van der Waals surface area (Å²) in [4.78, 5) is 0. The van der Waals surface area contributed by atoms with Gasteiger partial charge in [-0.3, -0.25) is 0 Å². The number of nitrogens with two attached hydrogens (primary N) is 4. The van der Waals surface area contributed by atoms with E-state index < -0.39 is 0 Å². The van der Waals surface area contributed by atoms with Crippen molar-refractivity contribution in [2.45, 2.75) is 6.92 Å². The molecule has 5 rings (SSSR count). The standard InChI is InChI=1S/2C7H9NO.3C6H7NO/c1-8-6-2-4-7(9)5-3-6;1-5-2-3-6(8)4-7(5)9;7-5-1-3-6(8)4-2-5;7-5-2-1-3-6(8)4-5;7-5-3-1-2-4-6(5)8/h2-5,8-9H,1H3;2-4,9H,8H2,1H3;3*1-4,8H,7H2. The van der Waals surface area contributed by atoms with E-state index in [9.17, 15) is 0 Å². The molecule has 14 N–H and O–H groups in total. The van der Waals surface area contributed by atoms with Crippen LogP contribution in [0, 0.1) is 6.92 Å². The monoisotopic (exact) mass is 573 g/mol. The van der Waals surface area contributed by atoms with E-state index in [0.717, 1.165) is 11.3 Å². The van der Waals surface area contributed by atoms with E-state index in [4.69, 9.17) is 48.5 Å². The molecular formula is C32H39N5O5. The number of aromatic hydroxyl groups is 5. The van der Waals surface area contributed by atoms with Crippen LogP contribution in [-0.2, 0) is 0 Å². The summed E-state index contributed by atoms with van der Waals surface area (Å²) >= 11 is 0. The molecule has 0 unspecified atom stereocenters. The van der Waals surface area contributed by atoms with Gasteiger partial charge in [-0.1, -0.05) is 24.3 Å². The smallest absolute Gasteiger partial charge is 0.138 e. The highest BCUT2D eigenvalue weighted by Crippen LogP contribution is 2.18. The molecule has 0 saturated heterocycles. The average Bonchev–Trinajstić information content (AvgIpc) is 2.96. The van der Waals surface area contributed by atoms with Gasteiger partial charge in [-0.25, -0.2) is 0 Å². The highest BCUT2D eigenvalue weighted by Gasteiger charge is 1.92. The van der Waals surface area contributed by atoms with Crippen LogP contribution in [0.4, 0.5) is 28.4 Å². The molecule has 0 saturated carbocycles. The van der Waals surface area contributed by atoms with Gasteiger partial charge in [-0.2, -0.15) is 0 Å². The van der Waals surface area contributed by atoms with E-state index in [0.29, 0.717) is 28.5 Å². The Kier molecular flexibility index (Phi) is 14.9. The van der Waals surface area contributed by atoms with E-state index >= 15 is 0 Å². The molecule has 0 atom stereocenters. The molecule has 0 aliphatic heterocycles. The van der Waals surface area contributed by atoms with Crippen molar-refractivity contribution < 1.29 is 25.5 Å². The number of benzene rings is 5. The van der Waals surface area contributed by atoms with Crippen LogP contribution in [0.25, 0.3) is 0 Å². The maximum absolute atomic E-state index is 9.02. The largest absolute Gasteiger partial charge is 0.508 e. The van der Waals surface area contributed by atoms with Gasteiger partial charge in [0, 0.05) is 41.9 Å². The maximum Gasteiger partial charge on any atom is 0.138 e. The van der Waals surface area contributed by atoms with E-state index in [1.165, 1.54) is 12.1 Å². The van der Waals surface area contributed by atoms with Crippen molar-refractivity contribution in [2.24, 2.45) is 0 Å². The maximum atomic E-state index is 9.02. The fraction of sp³-hybridized carbons (Fsp3) is 0.0625. The first-order chi connectivity index (χ1) is 19.9. The van der Waals surface area contributed by atoms with Gasteiger partial charge in [0.05, 0.1) is 5.69 Å². The van der Waals surface area contributed by atoms with Gasteiger partial charge >= 0.3 is 0 Å². The van der Waals surface area contributed by atoms with Crippen LogP contribution in [0.1, 0.15) is 5.56 Å². The predicted octanol–water partition coefficient (Wildman–Crippen LogP) is 5.64. The van der Waals surface area contributed by atoms with Crippen molar-refractivity contribution in [3.05, 3.63) is 121 Å². The molecule has 5 aromatic carbocycles. The first-order valence-corrected chi connectivity index (χ1v) is 12.6. The van der Waals surface area contributed by atoms with Gasteiger partial charge in [0.1, 0.15) is 28.7 Å². The van der Waals surface area contributed by atoms with Gasteiger partial charge < -0.3 is 53.8 Å². The lowest BCUT2D eigenvalue weighted by molar-refractivity contribution is 0.471. The van der Waals surface area contributed by atoms with Crippen LogP contribution in [0.5, 0.6) is 28.7 Å². The van der Waals surface area contributed by atoms with E-state index in [-0.39, 0.29) is 23.0 Å². The predicted molar refractivity (Wildman–Crippen MR) is 172 cm³/mol. The lowest BCUT2D eigenvalue weighted by atomic mass is 10.2. The summed E-state index contributed by atoms with van der Waals surface area (Å²) in [6, 6.07) is 31.6. The molecule has 42 heavy (non-hydrogen) atoms. The minimum absolute atomic E-state index is 0.146. The van der Waals surface area contributed by atoms with Gasteiger partial charge in [0.15, 0.2) is 0 Å². The Morgan fingerprint density at radius 2 is 1.00 bits per heavy atom. The molecule has 0 amide bonds. The molecule has 0 spiro atoms. The number of hydrogen-bond acceptors (Lipinski definition) is 10. The van der Waals surface area contributed by atoms with Crippen LogP contribution in [0.3, 0.4) is 0 Å². The van der Waals surface area contributed by atoms with Crippen molar-refractivity contribution in [3.63, 3.8) is 0 Å². The van der Waals surface area contributed by atoms with E-state index in [2.05, 4.69) is 5.32 Å². The minimum Gasteiger partial charge on any atom is -0.508 e. The fourth-order valence-corrected chi connectivity index (χ4v) is 2.74. The fourth-order valence-electron chi connectivity index (χ4n) is 2.74. The number of rotatable bonds is 1. The second kappa shape index (κ2) is 18.4. The molecule has 222 valence electrons. The van der Waals surface area contributed by atoms with Crippen LogP contribution < -0.4 is 28.3 Å². The summed E-state index contributed by atoms with van der Waals surface area (Å²) in [5.41, 5.74) is 25.4. The Labute approximate surface area is 245 Å². The number of phenolic OH excluding ortho intramolecular Hbond substituents is 5. The third-order valence-corrected chi connectivity index (χ3v) is 5.09. The number of phenols is 5.